The first-order valence-corrected chi connectivity index (χ1v) is 6.40. The molecule has 2 aromatic rings. The van der Waals surface area contributed by atoms with Crippen LogP contribution in [0.1, 0.15) is 36.8 Å². The predicted octanol–water partition coefficient (Wildman–Crippen LogP) is 2.73. The molecule has 0 fully saturated rings. The largest absolute Gasteiger partial charge is 0.454 e. The highest BCUT2D eigenvalue weighted by Crippen LogP contribution is 2.27. The summed E-state index contributed by atoms with van der Waals surface area (Å²) in [6.45, 7) is 8.44. The second-order valence-electron chi connectivity index (χ2n) is 4.88. The first-order chi connectivity index (χ1) is 9.01. The van der Waals surface area contributed by atoms with Crippen LogP contribution in [-0.4, -0.2) is 14.8 Å². The molecular formula is C14H20N4O. The molecule has 2 aromatic heterocycles. The molecule has 2 heterocycles. The molecule has 5 nitrogen and oxygen atoms in total. The summed E-state index contributed by atoms with van der Waals surface area (Å²) >= 11 is 0. The molecule has 102 valence electrons. The molecule has 0 unspecified atom stereocenters. The average molecular weight is 260 g/mol. The number of nitrogens with zero attached hydrogens (tertiary/aromatic N) is 3. The number of ether oxygens (including phenoxy) is 1. The summed E-state index contributed by atoms with van der Waals surface area (Å²) in [5.74, 6) is 1.48. The number of hydrogen-bond acceptors (Lipinski definition) is 4. The van der Waals surface area contributed by atoms with Crippen LogP contribution in [0.25, 0.3) is 0 Å². The van der Waals surface area contributed by atoms with Crippen LogP contribution in [0.15, 0.2) is 18.5 Å². The Bertz CT molecular complexity index is 575. The zero-order chi connectivity index (χ0) is 14.0. The Morgan fingerprint density at radius 2 is 2.11 bits per heavy atom. The van der Waals surface area contributed by atoms with Gasteiger partial charge in [0.2, 0.25) is 0 Å². The van der Waals surface area contributed by atoms with Crippen LogP contribution >= 0.6 is 0 Å². The van der Waals surface area contributed by atoms with Gasteiger partial charge in [0.1, 0.15) is 5.75 Å². The Morgan fingerprint density at radius 3 is 2.68 bits per heavy atom. The van der Waals surface area contributed by atoms with E-state index in [1.54, 1.807) is 6.20 Å². The molecule has 0 aromatic carbocycles. The fourth-order valence-electron chi connectivity index (χ4n) is 1.94. The Hall–Kier alpha value is -1.88. The molecule has 0 saturated carbocycles. The Morgan fingerprint density at radius 1 is 1.37 bits per heavy atom. The first-order valence-electron chi connectivity index (χ1n) is 6.40. The smallest absolute Gasteiger partial charge is 0.165 e. The third-order valence-corrected chi connectivity index (χ3v) is 2.96. The highest BCUT2D eigenvalue weighted by Gasteiger charge is 2.11. The number of aryl methyl sites for hydroxylation is 2. The van der Waals surface area contributed by atoms with Gasteiger partial charge in [0, 0.05) is 35.6 Å². The van der Waals surface area contributed by atoms with Crippen molar-refractivity contribution in [1.29, 1.82) is 0 Å². The van der Waals surface area contributed by atoms with Gasteiger partial charge in [0.25, 0.3) is 0 Å². The van der Waals surface area contributed by atoms with Crippen molar-refractivity contribution in [2.45, 2.75) is 40.3 Å². The monoisotopic (exact) mass is 260 g/mol. The van der Waals surface area contributed by atoms with E-state index in [9.17, 15) is 0 Å². The highest BCUT2D eigenvalue weighted by atomic mass is 16.5. The minimum absolute atomic E-state index is 0.312. The summed E-state index contributed by atoms with van der Waals surface area (Å²) in [6.07, 6.45) is 3.60. The fourth-order valence-corrected chi connectivity index (χ4v) is 1.94. The van der Waals surface area contributed by atoms with E-state index in [4.69, 9.17) is 10.5 Å². The zero-order valence-electron chi connectivity index (χ0n) is 11.8. The van der Waals surface area contributed by atoms with Crippen molar-refractivity contribution in [2.24, 2.45) is 5.73 Å². The molecule has 0 aliphatic heterocycles. The molecule has 0 aliphatic carbocycles. The van der Waals surface area contributed by atoms with E-state index in [0.29, 0.717) is 18.3 Å². The van der Waals surface area contributed by atoms with Gasteiger partial charge in [0.15, 0.2) is 5.75 Å². The normalized spacial score (nSPS) is 11.1. The van der Waals surface area contributed by atoms with E-state index < -0.39 is 0 Å². The van der Waals surface area contributed by atoms with Crippen molar-refractivity contribution < 1.29 is 4.74 Å². The van der Waals surface area contributed by atoms with Crippen LogP contribution in [0.3, 0.4) is 0 Å². The van der Waals surface area contributed by atoms with Gasteiger partial charge in [-0.05, 0) is 27.7 Å². The lowest BCUT2D eigenvalue weighted by atomic mass is 10.1. The summed E-state index contributed by atoms with van der Waals surface area (Å²) in [7, 11) is 0. The summed E-state index contributed by atoms with van der Waals surface area (Å²) < 4.78 is 7.75. The number of rotatable bonds is 4. The third-order valence-electron chi connectivity index (χ3n) is 2.96. The molecule has 0 radical (unpaired) electrons. The van der Waals surface area contributed by atoms with Gasteiger partial charge in [-0.1, -0.05) is 0 Å². The fraction of sp³-hybridized carbons (Fsp3) is 0.429. The van der Waals surface area contributed by atoms with Gasteiger partial charge in [-0.2, -0.15) is 5.10 Å². The SMILES string of the molecule is Cc1cc(Oc2cnn(C(C)C)c2)c(CN)c(C)n1. The molecule has 0 spiro atoms. The Balaban J connectivity index is 2.31. The summed E-state index contributed by atoms with van der Waals surface area (Å²) in [4.78, 5) is 4.40. The molecule has 5 heteroatoms. The van der Waals surface area contributed by atoms with Crippen LogP contribution in [0.4, 0.5) is 0 Å². The maximum absolute atomic E-state index is 5.89. The van der Waals surface area contributed by atoms with Crippen molar-refractivity contribution in [3.63, 3.8) is 0 Å². The molecule has 0 atom stereocenters. The number of pyridine rings is 1. The first kappa shape index (κ1) is 13.5. The van der Waals surface area contributed by atoms with Gasteiger partial charge in [-0.15, -0.1) is 0 Å². The quantitative estimate of drug-likeness (QED) is 0.918. The van der Waals surface area contributed by atoms with Gasteiger partial charge in [0.05, 0.1) is 12.4 Å². The summed E-state index contributed by atoms with van der Waals surface area (Å²) in [5, 5.41) is 4.26. The second kappa shape index (κ2) is 5.40. The van der Waals surface area contributed by atoms with E-state index >= 15 is 0 Å². The number of hydrogen-bond donors (Lipinski definition) is 1. The average Bonchev–Trinajstić information content (AvgIpc) is 2.77. The van der Waals surface area contributed by atoms with Crippen LogP contribution in [0, 0.1) is 13.8 Å². The van der Waals surface area contributed by atoms with Gasteiger partial charge in [-0.25, -0.2) is 0 Å². The highest BCUT2D eigenvalue weighted by molar-refractivity contribution is 5.40. The van der Waals surface area contributed by atoms with Crippen LogP contribution in [-0.2, 0) is 6.54 Å². The Labute approximate surface area is 113 Å². The lowest BCUT2D eigenvalue weighted by Crippen LogP contribution is -2.05. The summed E-state index contributed by atoms with van der Waals surface area (Å²) in [5.41, 5.74) is 8.53. The van der Waals surface area contributed by atoms with Crippen molar-refractivity contribution in [2.75, 3.05) is 0 Å². The van der Waals surface area contributed by atoms with E-state index in [1.807, 2.05) is 30.8 Å². The molecule has 0 bridgehead atoms. The second-order valence-corrected chi connectivity index (χ2v) is 4.88. The number of aromatic nitrogens is 3. The minimum Gasteiger partial charge on any atom is -0.454 e. The molecule has 0 saturated heterocycles. The molecule has 0 aliphatic rings. The van der Waals surface area contributed by atoms with E-state index in [0.717, 1.165) is 22.7 Å². The lowest BCUT2D eigenvalue weighted by Gasteiger charge is -2.11. The van der Waals surface area contributed by atoms with Crippen LogP contribution < -0.4 is 10.5 Å². The van der Waals surface area contributed by atoms with E-state index in [2.05, 4.69) is 23.9 Å². The Kier molecular flexibility index (Phi) is 3.85. The molecular weight excluding hydrogens is 240 g/mol. The van der Waals surface area contributed by atoms with Gasteiger partial charge >= 0.3 is 0 Å². The maximum atomic E-state index is 5.89. The van der Waals surface area contributed by atoms with E-state index in [1.165, 1.54) is 0 Å². The number of nitrogens with two attached hydrogens (primary N) is 1. The summed E-state index contributed by atoms with van der Waals surface area (Å²) in [6, 6.07) is 2.22. The third kappa shape index (κ3) is 2.93. The zero-order valence-corrected chi connectivity index (χ0v) is 11.8. The molecule has 2 N–H and O–H groups in total. The van der Waals surface area contributed by atoms with Crippen molar-refractivity contribution in [3.05, 3.63) is 35.4 Å². The van der Waals surface area contributed by atoms with E-state index in [-0.39, 0.29) is 0 Å². The lowest BCUT2D eigenvalue weighted by molar-refractivity contribution is 0.469. The molecule has 2 rings (SSSR count). The van der Waals surface area contributed by atoms with Crippen LogP contribution in [0.2, 0.25) is 0 Å². The van der Waals surface area contributed by atoms with Crippen LogP contribution in [0.5, 0.6) is 11.5 Å². The maximum Gasteiger partial charge on any atom is 0.165 e. The van der Waals surface area contributed by atoms with Crippen molar-refractivity contribution in [1.82, 2.24) is 14.8 Å². The predicted molar refractivity (Wildman–Crippen MR) is 74.3 cm³/mol. The van der Waals surface area contributed by atoms with Crippen molar-refractivity contribution >= 4 is 0 Å². The molecule has 19 heavy (non-hydrogen) atoms. The standard InChI is InChI=1S/C14H20N4O/c1-9(2)18-8-12(7-16-18)19-14-5-10(3)17-11(4)13(14)6-15/h5,7-9H,6,15H2,1-4H3. The van der Waals surface area contributed by atoms with Gasteiger partial charge in [-0.3, -0.25) is 9.67 Å². The minimum atomic E-state index is 0.312. The van der Waals surface area contributed by atoms with Crippen molar-refractivity contribution in [3.8, 4) is 11.5 Å². The molecule has 0 amide bonds. The van der Waals surface area contributed by atoms with Gasteiger partial charge < -0.3 is 10.5 Å². The topological polar surface area (TPSA) is 66.0 Å².